The largest absolute Gasteiger partial charge is 0.497 e. The van der Waals surface area contributed by atoms with E-state index in [1.54, 1.807) is 7.11 Å². The lowest BCUT2D eigenvalue weighted by Gasteiger charge is -2.34. The van der Waals surface area contributed by atoms with Crippen molar-refractivity contribution in [1.82, 2.24) is 19.9 Å². The molecule has 0 N–H and O–H groups in total. The maximum Gasteiger partial charge on any atom is 0.254 e. The molecule has 7 nitrogen and oxygen atoms in total. The summed E-state index contributed by atoms with van der Waals surface area (Å²) >= 11 is 0. The molecular weight excluding hydrogens is 380 g/mol. The van der Waals surface area contributed by atoms with Crippen molar-refractivity contribution in [2.24, 2.45) is 0 Å². The summed E-state index contributed by atoms with van der Waals surface area (Å²) < 4.78 is 10.6. The lowest BCUT2D eigenvalue weighted by molar-refractivity contribution is 0.0614. The van der Waals surface area contributed by atoms with Gasteiger partial charge in [-0.05, 0) is 49.7 Å². The van der Waals surface area contributed by atoms with Crippen LogP contribution in [0.2, 0.25) is 0 Å². The van der Waals surface area contributed by atoms with Crippen LogP contribution in [0.4, 0.5) is 0 Å². The maximum absolute atomic E-state index is 12.9. The first-order valence-corrected chi connectivity index (χ1v) is 10.1. The summed E-state index contributed by atoms with van der Waals surface area (Å²) in [4.78, 5) is 21.5. The zero-order valence-electron chi connectivity index (χ0n) is 17.6. The predicted molar refractivity (Wildman–Crippen MR) is 113 cm³/mol. The monoisotopic (exact) mass is 406 g/mol. The smallest absolute Gasteiger partial charge is 0.254 e. The fraction of sp³-hybridized carbons (Fsp3) is 0.348. The van der Waals surface area contributed by atoms with Crippen LogP contribution in [0, 0.1) is 13.8 Å². The van der Waals surface area contributed by atoms with Gasteiger partial charge in [0.15, 0.2) is 0 Å². The Kier molecular flexibility index (Phi) is 5.81. The highest BCUT2D eigenvalue weighted by Gasteiger charge is 2.24. The van der Waals surface area contributed by atoms with E-state index in [9.17, 15) is 4.79 Å². The minimum atomic E-state index is 0.103. The third-order valence-electron chi connectivity index (χ3n) is 5.45. The molecule has 3 aromatic rings. The average molecular weight is 406 g/mol. The van der Waals surface area contributed by atoms with Gasteiger partial charge in [0.25, 0.3) is 5.91 Å². The van der Waals surface area contributed by atoms with E-state index in [0.29, 0.717) is 31.3 Å². The van der Waals surface area contributed by atoms with Crippen LogP contribution in [0.1, 0.15) is 27.4 Å². The van der Waals surface area contributed by atoms with E-state index in [-0.39, 0.29) is 5.91 Å². The van der Waals surface area contributed by atoms with Crippen molar-refractivity contribution in [3.05, 3.63) is 65.0 Å². The molecule has 2 heterocycles. The number of amides is 1. The molecule has 1 aliphatic heterocycles. The molecule has 0 saturated carbocycles. The Labute approximate surface area is 176 Å². The minimum absolute atomic E-state index is 0.103. The lowest BCUT2D eigenvalue weighted by Crippen LogP contribution is -2.48. The van der Waals surface area contributed by atoms with Crippen LogP contribution in [0.5, 0.6) is 5.75 Å². The van der Waals surface area contributed by atoms with Crippen LogP contribution in [0.15, 0.2) is 47.0 Å². The fourth-order valence-electron chi connectivity index (χ4n) is 3.70. The van der Waals surface area contributed by atoms with Crippen molar-refractivity contribution >= 4 is 5.91 Å². The molecule has 4 rings (SSSR count). The van der Waals surface area contributed by atoms with Gasteiger partial charge < -0.3 is 14.2 Å². The first kappa shape index (κ1) is 20.1. The van der Waals surface area contributed by atoms with E-state index in [1.165, 1.54) is 5.56 Å². The molecule has 0 unspecified atom stereocenters. The molecule has 30 heavy (non-hydrogen) atoms. The summed E-state index contributed by atoms with van der Waals surface area (Å²) in [7, 11) is 1.64. The number of nitrogens with zero attached hydrogens (tertiary/aromatic N) is 4. The highest BCUT2D eigenvalue weighted by Crippen LogP contribution is 2.20. The maximum atomic E-state index is 12.9. The molecule has 1 amide bonds. The molecule has 0 spiro atoms. The topological polar surface area (TPSA) is 71.7 Å². The molecule has 1 aromatic heterocycles. The van der Waals surface area contributed by atoms with Crippen LogP contribution in [0.25, 0.3) is 11.4 Å². The Balaban J connectivity index is 1.33. The molecule has 0 bridgehead atoms. The fourth-order valence-corrected chi connectivity index (χ4v) is 3.70. The number of carbonyl (C=O) groups is 1. The second-order valence-electron chi connectivity index (χ2n) is 7.63. The molecular formula is C23H26N4O3. The SMILES string of the molecule is COc1ccc(-c2noc(CN3CCN(C(=O)c4ccc(C)cc4C)CC3)n2)cc1. The van der Waals surface area contributed by atoms with Gasteiger partial charge in [-0.25, -0.2) is 0 Å². The Hall–Kier alpha value is -3.19. The van der Waals surface area contributed by atoms with E-state index < -0.39 is 0 Å². The van der Waals surface area contributed by atoms with Crippen molar-refractivity contribution in [1.29, 1.82) is 0 Å². The summed E-state index contributed by atoms with van der Waals surface area (Å²) in [6, 6.07) is 13.5. The number of methoxy groups -OCH3 is 1. The van der Waals surface area contributed by atoms with Gasteiger partial charge in [-0.15, -0.1) is 0 Å². The second kappa shape index (κ2) is 8.67. The molecule has 1 aliphatic rings. The van der Waals surface area contributed by atoms with Crippen molar-refractivity contribution in [2.75, 3.05) is 33.3 Å². The van der Waals surface area contributed by atoms with Crippen LogP contribution in [-0.4, -0.2) is 59.1 Å². The summed E-state index contributed by atoms with van der Waals surface area (Å²) in [5, 5.41) is 4.09. The number of ether oxygens (including phenoxy) is 1. The zero-order valence-corrected chi connectivity index (χ0v) is 17.6. The number of carbonyl (C=O) groups excluding carboxylic acids is 1. The van der Waals surface area contributed by atoms with Gasteiger partial charge in [0.1, 0.15) is 5.75 Å². The Morgan fingerprint density at radius 2 is 1.80 bits per heavy atom. The van der Waals surface area contributed by atoms with Gasteiger partial charge in [0, 0.05) is 37.3 Å². The van der Waals surface area contributed by atoms with E-state index in [4.69, 9.17) is 9.26 Å². The first-order valence-electron chi connectivity index (χ1n) is 10.1. The summed E-state index contributed by atoms with van der Waals surface area (Å²) in [6.45, 7) is 7.53. The summed E-state index contributed by atoms with van der Waals surface area (Å²) in [6.07, 6.45) is 0. The van der Waals surface area contributed by atoms with E-state index in [2.05, 4.69) is 21.1 Å². The van der Waals surface area contributed by atoms with Crippen molar-refractivity contribution in [3.8, 4) is 17.1 Å². The van der Waals surface area contributed by atoms with Crippen molar-refractivity contribution in [3.63, 3.8) is 0 Å². The Morgan fingerprint density at radius 1 is 1.07 bits per heavy atom. The van der Waals surface area contributed by atoms with Gasteiger partial charge in [0.05, 0.1) is 13.7 Å². The van der Waals surface area contributed by atoms with E-state index in [1.807, 2.05) is 55.1 Å². The standard InChI is InChI=1S/C23H26N4O3/c1-16-4-9-20(17(2)14-16)23(28)27-12-10-26(11-13-27)15-21-24-22(25-30-21)18-5-7-19(29-3)8-6-18/h4-9,14H,10-13,15H2,1-3H3. The number of hydrogen-bond donors (Lipinski definition) is 0. The molecule has 0 aliphatic carbocycles. The van der Waals surface area contributed by atoms with Gasteiger partial charge in [-0.1, -0.05) is 22.9 Å². The highest BCUT2D eigenvalue weighted by molar-refractivity contribution is 5.95. The number of aromatic nitrogens is 2. The number of aryl methyl sites for hydroxylation is 2. The van der Waals surface area contributed by atoms with E-state index >= 15 is 0 Å². The average Bonchev–Trinajstić information content (AvgIpc) is 3.22. The number of rotatable bonds is 5. The van der Waals surface area contributed by atoms with Gasteiger partial charge in [-0.3, -0.25) is 9.69 Å². The van der Waals surface area contributed by atoms with Crippen molar-refractivity contribution < 1.29 is 14.1 Å². The quantitative estimate of drug-likeness (QED) is 0.647. The molecule has 1 saturated heterocycles. The van der Waals surface area contributed by atoms with Crippen LogP contribution < -0.4 is 4.74 Å². The first-order chi connectivity index (χ1) is 14.5. The van der Waals surface area contributed by atoms with Gasteiger partial charge in [-0.2, -0.15) is 4.98 Å². The molecule has 156 valence electrons. The lowest BCUT2D eigenvalue weighted by atomic mass is 10.0. The predicted octanol–water partition coefficient (Wildman–Crippen LogP) is 3.32. The second-order valence-corrected chi connectivity index (χ2v) is 7.63. The van der Waals surface area contributed by atoms with Crippen LogP contribution in [0.3, 0.4) is 0 Å². The summed E-state index contributed by atoms with van der Waals surface area (Å²) in [5.41, 5.74) is 3.87. The van der Waals surface area contributed by atoms with Crippen LogP contribution >= 0.6 is 0 Å². The van der Waals surface area contributed by atoms with E-state index in [0.717, 1.165) is 35.5 Å². The molecule has 2 aromatic carbocycles. The Bertz CT molecular complexity index is 1020. The normalized spacial score (nSPS) is 14.7. The molecule has 1 fully saturated rings. The number of piperazine rings is 1. The highest BCUT2D eigenvalue weighted by atomic mass is 16.5. The third kappa shape index (κ3) is 4.36. The van der Waals surface area contributed by atoms with Gasteiger partial charge >= 0.3 is 0 Å². The Morgan fingerprint density at radius 3 is 2.47 bits per heavy atom. The number of hydrogen-bond acceptors (Lipinski definition) is 6. The molecule has 0 atom stereocenters. The van der Waals surface area contributed by atoms with Crippen molar-refractivity contribution in [2.45, 2.75) is 20.4 Å². The summed E-state index contributed by atoms with van der Waals surface area (Å²) in [5.74, 6) is 2.04. The minimum Gasteiger partial charge on any atom is -0.497 e. The molecule has 7 heteroatoms. The molecule has 0 radical (unpaired) electrons. The number of benzene rings is 2. The van der Waals surface area contributed by atoms with Gasteiger partial charge in [0.2, 0.25) is 11.7 Å². The zero-order chi connectivity index (χ0) is 21.1. The third-order valence-corrected chi connectivity index (χ3v) is 5.45. The van der Waals surface area contributed by atoms with Crippen LogP contribution in [-0.2, 0) is 6.54 Å².